The molecule has 0 spiro atoms. The van der Waals surface area contributed by atoms with Crippen molar-refractivity contribution < 1.29 is 0 Å². The first-order valence-electron chi connectivity index (χ1n) is 5.68. The molecule has 0 unspecified atom stereocenters. The normalized spacial score (nSPS) is 14.1. The second-order valence-electron chi connectivity index (χ2n) is 4.40. The summed E-state index contributed by atoms with van der Waals surface area (Å²) < 4.78 is 0. The van der Waals surface area contributed by atoms with E-state index in [0.29, 0.717) is 5.92 Å². The van der Waals surface area contributed by atoms with Gasteiger partial charge in [0.2, 0.25) is 0 Å². The minimum atomic E-state index is 0.443. The van der Waals surface area contributed by atoms with Gasteiger partial charge >= 0.3 is 0 Å². The summed E-state index contributed by atoms with van der Waals surface area (Å²) in [5.41, 5.74) is 2.70. The van der Waals surface area contributed by atoms with Crippen LogP contribution in [0.1, 0.15) is 17.0 Å². The number of hydrogen-bond donors (Lipinski definition) is 0. The number of benzene rings is 2. The molecule has 0 bridgehead atoms. The van der Waals surface area contributed by atoms with E-state index in [4.69, 9.17) is 0 Å². The Morgan fingerprint density at radius 3 is 1.88 bits per heavy atom. The van der Waals surface area contributed by atoms with Crippen LogP contribution in [0, 0.1) is 6.92 Å². The first-order valence-corrected chi connectivity index (χ1v) is 5.68. The molecule has 1 aliphatic rings. The molecule has 2 aromatic carbocycles. The third-order valence-electron chi connectivity index (χ3n) is 3.18. The minimum absolute atomic E-state index is 0.443. The maximum atomic E-state index is 2.33. The summed E-state index contributed by atoms with van der Waals surface area (Å²) in [6, 6.07) is 17.4. The van der Waals surface area contributed by atoms with E-state index in [1.54, 1.807) is 0 Å². The molecule has 0 N–H and O–H groups in total. The van der Waals surface area contributed by atoms with Gasteiger partial charge in [-0.05, 0) is 22.9 Å². The summed E-state index contributed by atoms with van der Waals surface area (Å²) in [6.45, 7) is 2.13. The van der Waals surface area contributed by atoms with Gasteiger partial charge in [0.25, 0.3) is 0 Å². The van der Waals surface area contributed by atoms with Crippen molar-refractivity contribution in [1.82, 2.24) is 0 Å². The summed E-state index contributed by atoms with van der Waals surface area (Å²) in [5, 5.41) is 2.71. The molecule has 0 atom stereocenters. The van der Waals surface area contributed by atoms with Crippen molar-refractivity contribution in [2.24, 2.45) is 0 Å². The molecule has 3 rings (SSSR count). The van der Waals surface area contributed by atoms with Gasteiger partial charge in [-0.1, -0.05) is 66.2 Å². The van der Waals surface area contributed by atoms with Crippen LogP contribution in [0.3, 0.4) is 0 Å². The van der Waals surface area contributed by atoms with Crippen molar-refractivity contribution in [2.75, 3.05) is 0 Å². The fourth-order valence-corrected chi connectivity index (χ4v) is 2.23. The maximum absolute atomic E-state index is 2.33. The lowest BCUT2D eigenvalue weighted by atomic mass is 9.99. The Morgan fingerprint density at radius 1 is 0.750 bits per heavy atom. The van der Waals surface area contributed by atoms with E-state index in [0.717, 1.165) is 0 Å². The Bertz CT molecular complexity index is 583. The molecule has 16 heavy (non-hydrogen) atoms. The lowest BCUT2D eigenvalue weighted by molar-refractivity contribution is 1.21. The molecule has 0 saturated heterocycles. The molecule has 0 saturated carbocycles. The topological polar surface area (TPSA) is 0 Å². The number of aryl methyl sites for hydroxylation is 1. The van der Waals surface area contributed by atoms with Gasteiger partial charge in [-0.25, -0.2) is 0 Å². The SMILES string of the molecule is Cc1ccc(C2C=c3ccccc3=C2)cc1. The third-order valence-corrected chi connectivity index (χ3v) is 3.18. The zero-order valence-corrected chi connectivity index (χ0v) is 9.35. The van der Waals surface area contributed by atoms with Crippen molar-refractivity contribution in [3.8, 4) is 0 Å². The van der Waals surface area contributed by atoms with Crippen molar-refractivity contribution in [2.45, 2.75) is 12.8 Å². The van der Waals surface area contributed by atoms with Crippen LogP contribution in [0.4, 0.5) is 0 Å². The first kappa shape index (κ1) is 9.41. The highest BCUT2D eigenvalue weighted by atomic mass is 14.1. The highest BCUT2D eigenvalue weighted by molar-refractivity contribution is 5.60. The van der Waals surface area contributed by atoms with E-state index in [1.165, 1.54) is 21.6 Å². The van der Waals surface area contributed by atoms with E-state index in [9.17, 15) is 0 Å². The zero-order chi connectivity index (χ0) is 11.0. The van der Waals surface area contributed by atoms with Gasteiger partial charge in [0.05, 0.1) is 0 Å². The van der Waals surface area contributed by atoms with Crippen LogP contribution in [-0.4, -0.2) is 0 Å². The minimum Gasteiger partial charge on any atom is -0.0653 e. The molecule has 0 aromatic heterocycles. The highest BCUT2D eigenvalue weighted by Gasteiger charge is 2.08. The Hall–Kier alpha value is -1.82. The number of rotatable bonds is 1. The van der Waals surface area contributed by atoms with Crippen LogP contribution >= 0.6 is 0 Å². The van der Waals surface area contributed by atoms with Gasteiger partial charge in [0, 0.05) is 5.92 Å². The predicted octanol–water partition coefficient (Wildman–Crippen LogP) is 2.35. The molecule has 0 heterocycles. The standard InChI is InChI=1S/C16H14/c1-12-6-8-13(9-7-12)16-10-14-4-2-3-5-15(14)11-16/h2-11,16H,1H3. The molecular weight excluding hydrogens is 192 g/mol. The van der Waals surface area contributed by atoms with Gasteiger partial charge in [-0.3, -0.25) is 0 Å². The van der Waals surface area contributed by atoms with Crippen molar-refractivity contribution in [3.05, 3.63) is 70.1 Å². The summed E-state index contributed by atoms with van der Waals surface area (Å²) in [7, 11) is 0. The van der Waals surface area contributed by atoms with Gasteiger partial charge in [0.1, 0.15) is 0 Å². The van der Waals surface area contributed by atoms with E-state index in [2.05, 4.69) is 67.6 Å². The Kier molecular flexibility index (Phi) is 2.14. The Balaban J connectivity index is 2.07. The monoisotopic (exact) mass is 206 g/mol. The van der Waals surface area contributed by atoms with Crippen molar-refractivity contribution in [1.29, 1.82) is 0 Å². The van der Waals surface area contributed by atoms with Crippen LogP contribution in [0.25, 0.3) is 12.2 Å². The van der Waals surface area contributed by atoms with Gasteiger partial charge in [-0.15, -0.1) is 0 Å². The molecule has 1 aliphatic carbocycles. The average Bonchev–Trinajstić information content (AvgIpc) is 2.73. The molecule has 0 heteroatoms. The molecular formula is C16H14. The third kappa shape index (κ3) is 1.57. The number of hydrogen-bond acceptors (Lipinski definition) is 0. The average molecular weight is 206 g/mol. The van der Waals surface area contributed by atoms with Crippen LogP contribution in [-0.2, 0) is 0 Å². The predicted molar refractivity (Wildman–Crippen MR) is 68.5 cm³/mol. The van der Waals surface area contributed by atoms with Crippen LogP contribution < -0.4 is 10.4 Å². The summed E-state index contributed by atoms with van der Waals surface area (Å²) >= 11 is 0. The van der Waals surface area contributed by atoms with E-state index < -0.39 is 0 Å². The van der Waals surface area contributed by atoms with Gasteiger partial charge in [0.15, 0.2) is 0 Å². The summed E-state index contributed by atoms with van der Waals surface area (Å²) in [5.74, 6) is 0.443. The molecule has 78 valence electrons. The van der Waals surface area contributed by atoms with E-state index >= 15 is 0 Å². The van der Waals surface area contributed by atoms with Crippen molar-refractivity contribution >= 4 is 12.2 Å². The second kappa shape index (κ2) is 3.64. The highest BCUT2D eigenvalue weighted by Crippen LogP contribution is 2.20. The molecule has 0 fully saturated rings. The Labute approximate surface area is 95.6 Å². The van der Waals surface area contributed by atoms with Crippen LogP contribution in [0.15, 0.2) is 48.5 Å². The maximum Gasteiger partial charge on any atom is 0.0216 e. The first-order chi connectivity index (χ1) is 7.83. The van der Waals surface area contributed by atoms with E-state index in [-0.39, 0.29) is 0 Å². The quantitative estimate of drug-likeness (QED) is 0.672. The molecule has 0 radical (unpaired) electrons. The smallest absolute Gasteiger partial charge is 0.0216 e. The molecule has 0 aliphatic heterocycles. The summed E-state index contributed by atoms with van der Waals surface area (Å²) in [6.07, 6.45) is 4.67. The number of fused-ring (bicyclic) bond motifs is 1. The lowest BCUT2D eigenvalue weighted by Crippen LogP contribution is -2.19. The fraction of sp³-hybridized carbons (Fsp3) is 0.125. The molecule has 0 nitrogen and oxygen atoms in total. The largest absolute Gasteiger partial charge is 0.0653 e. The van der Waals surface area contributed by atoms with Crippen LogP contribution in [0.2, 0.25) is 0 Å². The van der Waals surface area contributed by atoms with Gasteiger partial charge < -0.3 is 0 Å². The van der Waals surface area contributed by atoms with Gasteiger partial charge in [-0.2, -0.15) is 0 Å². The van der Waals surface area contributed by atoms with E-state index in [1.807, 2.05) is 0 Å². The molecule has 2 aromatic rings. The van der Waals surface area contributed by atoms with Crippen molar-refractivity contribution in [3.63, 3.8) is 0 Å². The Morgan fingerprint density at radius 2 is 1.31 bits per heavy atom. The van der Waals surface area contributed by atoms with Crippen LogP contribution in [0.5, 0.6) is 0 Å². The zero-order valence-electron chi connectivity index (χ0n) is 9.35. The fourth-order valence-electron chi connectivity index (χ4n) is 2.23. The lowest BCUT2D eigenvalue weighted by Gasteiger charge is -2.05. The second-order valence-corrected chi connectivity index (χ2v) is 4.40. The summed E-state index contributed by atoms with van der Waals surface area (Å²) in [4.78, 5) is 0. The molecule has 0 amide bonds.